The highest BCUT2D eigenvalue weighted by Gasteiger charge is 2.07. The molecular weight excluding hydrogens is 204 g/mol. The van der Waals surface area contributed by atoms with Crippen molar-refractivity contribution in [3.63, 3.8) is 0 Å². The lowest BCUT2D eigenvalue weighted by Crippen LogP contribution is -1.73. The fourth-order valence-corrected chi connectivity index (χ4v) is 2.24. The molecule has 13 heavy (non-hydrogen) atoms. The molecule has 2 nitrogen and oxygen atoms in total. The maximum absolute atomic E-state index is 9.64. The summed E-state index contributed by atoms with van der Waals surface area (Å²) in [7, 11) is 1.61. The van der Waals surface area contributed by atoms with Crippen LogP contribution in [0.3, 0.4) is 0 Å². The minimum Gasteiger partial charge on any atom is -0.506 e. The van der Waals surface area contributed by atoms with Gasteiger partial charge in [0.2, 0.25) is 0 Å². The van der Waals surface area contributed by atoms with Gasteiger partial charge in [-0.25, -0.2) is 0 Å². The lowest BCUT2D eigenvalue weighted by molar-refractivity contribution is 0.427. The maximum atomic E-state index is 9.64. The van der Waals surface area contributed by atoms with Gasteiger partial charge in [-0.2, -0.15) is 0 Å². The van der Waals surface area contributed by atoms with Gasteiger partial charge in [0, 0.05) is 21.0 Å². The van der Waals surface area contributed by atoms with Crippen molar-refractivity contribution in [2.24, 2.45) is 0 Å². The van der Waals surface area contributed by atoms with E-state index in [1.165, 1.54) is 11.3 Å². The number of hydrogen-bond acceptors (Lipinski definition) is 4. The normalized spacial score (nSPS) is 10.6. The Morgan fingerprint density at radius 3 is 2.92 bits per heavy atom. The van der Waals surface area contributed by atoms with E-state index in [-0.39, 0.29) is 5.75 Å². The largest absolute Gasteiger partial charge is 0.506 e. The van der Waals surface area contributed by atoms with Crippen molar-refractivity contribution < 1.29 is 9.84 Å². The lowest BCUT2D eigenvalue weighted by atomic mass is 10.2. The van der Waals surface area contributed by atoms with Crippen LogP contribution in [0.1, 0.15) is 0 Å². The standard InChI is InChI=1S/C9H8O2S2/c1-11-8-4-5-7(13-8)3-2-6(12)9(5)10/h2-4,10,12H,1H3. The molecule has 2 aromatic rings. The average molecular weight is 212 g/mol. The van der Waals surface area contributed by atoms with Crippen LogP contribution in [0.4, 0.5) is 0 Å². The van der Waals surface area contributed by atoms with E-state index < -0.39 is 0 Å². The third-order valence-corrected chi connectivity index (χ3v) is 3.25. The molecular formula is C9H8O2S2. The van der Waals surface area contributed by atoms with Gasteiger partial charge in [0.25, 0.3) is 0 Å². The van der Waals surface area contributed by atoms with E-state index in [1.54, 1.807) is 13.2 Å². The first-order valence-corrected chi connectivity index (χ1v) is 4.97. The molecule has 0 radical (unpaired) electrons. The summed E-state index contributed by atoms with van der Waals surface area (Å²) in [5.41, 5.74) is 0. The fourth-order valence-electron chi connectivity index (χ4n) is 1.16. The van der Waals surface area contributed by atoms with E-state index in [4.69, 9.17) is 4.74 Å². The SMILES string of the molecule is COc1cc2c(O)c(S)ccc2s1. The van der Waals surface area contributed by atoms with Gasteiger partial charge in [0.15, 0.2) is 5.06 Å². The van der Waals surface area contributed by atoms with Crippen LogP contribution < -0.4 is 4.74 Å². The third-order valence-electron chi connectivity index (χ3n) is 1.83. The highest BCUT2D eigenvalue weighted by molar-refractivity contribution is 7.80. The predicted molar refractivity (Wildman–Crippen MR) is 57.3 cm³/mol. The summed E-state index contributed by atoms with van der Waals surface area (Å²) in [4.78, 5) is 0.591. The minimum atomic E-state index is 0.223. The molecule has 4 heteroatoms. The van der Waals surface area contributed by atoms with E-state index in [0.717, 1.165) is 15.1 Å². The van der Waals surface area contributed by atoms with E-state index in [0.29, 0.717) is 4.90 Å². The van der Waals surface area contributed by atoms with Crippen LogP contribution in [0, 0.1) is 0 Å². The zero-order valence-electron chi connectivity index (χ0n) is 6.94. The second-order valence-electron chi connectivity index (χ2n) is 2.61. The molecule has 1 heterocycles. The number of aromatic hydroxyl groups is 1. The molecule has 1 aromatic heterocycles. The topological polar surface area (TPSA) is 29.5 Å². The summed E-state index contributed by atoms with van der Waals surface area (Å²) >= 11 is 5.63. The number of ether oxygens (including phenoxy) is 1. The predicted octanol–water partition coefficient (Wildman–Crippen LogP) is 2.90. The number of fused-ring (bicyclic) bond motifs is 1. The van der Waals surface area contributed by atoms with Crippen molar-refractivity contribution in [1.82, 2.24) is 0 Å². The zero-order chi connectivity index (χ0) is 9.42. The monoisotopic (exact) mass is 212 g/mol. The first kappa shape index (κ1) is 8.72. The number of thiophene rings is 1. The molecule has 68 valence electrons. The van der Waals surface area contributed by atoms with Crippen LogP contribution in [-0.2, 0) is 0 Å². The van der Waals surface area contributed by atoms with Crippen molar-refractivity contribution in [2.75, 3.05) is 7.11 Å². The van der Waals surface area contributed by atoms with Crippen molar-refractivity contribution in [3.05, 3.63) is 18.2 Å². The van der Waals surface area contributed by atoms with Gasteiger partial charge >= 0.3 is 0 Å². The highest BCUT2D eigenvalue weighted by atomic mass is 32.1. The molecule has 0 amide bonds. The molecule has 0 fully saturated rings. The smallest absolute Gasteiger partial charge is 0.174 e. The van der Waals surface area contributed by atoms with Gasteiger partial charge < -0.3 is 9.84 Å². The quantitative estimate of drug-likeness (QED) is 0.712. The van der Waals surface area contributed by atoms with Crippen LogP contribution in [0.2, 0.25) is 0 Å². The Kier molecular flexibility index (Phi) is 2.09. The Morgan fingerprint density at radius 2 is 2.23 bits per heavy atom. The first-order chi connectivity index (χ1) is 6.22. The number of hydrogen-bond donors (Lipinski definition) is 2. The Hall–Kier alpha value is -0.870. The lowest BCUT2D eigenvalue weighted by Gasteiger charge is -1.96. The van der Waals surface area contributed by atoms with Gasteiger partial charge in [-0.15, -0.1) is 12.6 Å². The number of phenolic OH excluding ortho intramolecular Hbond substituents is 1. The van der Waals surface area contributed by atoms with Gasteiger partial charge in [0.1, 0.15) is 5.75 Å². The maximum Gasteiger partial charge on any atom is 0.174 e. The van der Waals surface area contributed by atoms with Gasteiger partial charge in [-0.1, -0.05) is 11.3 Å². The number of benzene rings is 1. The van der Waals surface area contributed by atoms with E-state index in [2.05, 4.69) is 12.6 Å². The molecule has 0 saturated heterocycles. The van der Waals surface area contributed by atoms with Gasteiger partial charge in [-0.05, 0) is 12.1 Å². The van der Waals surface area contributed by atoms with Crippen LogP contribution in [0.25, 0.3) is 10.1 Å². The highest BCUT2D eigenvalue weighted by Crippen LogP contribution is 2.39. The summed E-state index contributed by atoms with van der Waals surface area (Å²) in [6.45, 7) is 0. The molecule has 1 aromatic carbocycles. The molecule has 1 N–H and O–H groups in total. The van der Waals surface area contributed by atoms with E-state index in [9.17, 15) is 5.11 Å². The Bertz CT molecular complexity index is 448. The summed E-state index contributed by atoms with van der Waals surface area (Å²) in [5, 5.41) is 11.2. The molecule has 0 saturated carbocycles. The van der Waals surface area contributed by atoms with Crippen molar-refractivity contribution >= 4 is 34.1 Å². The number of rotatable bonds is 1. The molecule has 0 unspecified atom stereocenters. The summed E-state index contributed by atoms with van der Waals surface area (Å²) in [6, 6.07) is 5.51. The Balaban J connectivity index is 2.76. The number of thiol groups is 1. The second-order valence-corrected chi connectivity index (χ2v) is 4.14. The molecule has 0 aliphatic rings. The Labute approximate surface area is 85.2 Å². The summed E-state index contributed by atoms with van der Waals surface area (Å²) < 4.78 is 6.08. The average Bonchev–Trinajstić information content (AvgIpc) is 2.55. The van der Waals surface area contributed by atoms with Crippen LogP contribution in [-0.4, -0.2) is 12.2 Å². The molecule has 0 aliphatic heterocycles. The molecule has 0 bridgehead atoms. The first-order valence-electron chi connectivity index (χ1n) is 3.71. The van der Waals surface area contributed by atoms with Crippen molar-refractivity contribution in [3.8, 4) is 10.8 Å². The molecule has 2 rings (SSSR count). The summed E-state index contributed by atoms with van der Waals surface area (Å²) in [5.74, 6) is 0.223. The minimum absolute atomic E-state index is 0.223. The van der Waals surface area contributed by atoms with Crippen LogP contribution in [0.15, 0.2) is 23.1 Å². The van der Waals surface area contributed by atoms with E-state index >= 15 is 0 Å². The van der Waals surface area contributed by atoms with Crippen LogP contribution in [0.5, 0.6) is 10.8 Å². The van der Waals surface area contributed by atoms with Gasteiger partial charge in [-0.3, -0.25) is 0 Å². The van der Waals surface area contributed by atoms with Crippen molar-refractivity contribution in [1.29, 1.82) is 0 Å². The zero-order valence-corrected chi connectivity index (χ0v) is 8.65. The molecule has 0 atom stereocenters. The van der Waals surface area contributed by atoms with Crippen molar-refractivity contribution in [2.45, 2.75) is 4.90 Å². The third kappa shape index (κ3) is 1.36. The second kappa shape index (κ2) is 3.12. The molecule has 0 aliphatic carbocycles. The number of phenols is 1. The van der Waals surface area contributed by atoms with E-state index in [1.807, 2.05) is 12.1 Å². The Morgan fingerprint density at radius 1 is 1.46 bits per heavy atom. The fraction of sp³-hybridized carbons (Fsp3) is 0.111. The molecule has 0 spiro atoms. The van der Waals surface area contributed by atoms with Gasteiger partial charge in [0.05, 0.1) is 7.11 Å². The van der Waals surface area contributed by atoms with Crippen LogP contribution >= 0.6 is 24.0 Å². The number of methoxy groups -OCH3 is 1. The summed E-state index contributed by atoms with van der Waals surface area (Å²) in [6.07, 6.45) is 0.